The topological polar surface area (TPSA) is 49.4 Å². The average molecular weight is 278 g/mol. The molecule has 4 nitrogen and oxygen atoms in total. The molecule has 2 rings (SSSR count). The van der Waals surface area contributed by atoms with Gasteiger partial charge in [0.25, 0.3) is 0 Å². The lowest BCUT2D eigenvalue weighted by molar-refractivity contribution is -0.133. The molecule has 1 aliphatic heterocycles. The smallest absolute Gasteiger partial charge is 0.244 e. The number of aryl methyl sites for hydroxylation is 1. The second-order valence-electron chi connectivity index (χ2n) is 5.19. The van der Waals surface area contributed by atoms with Gasteiger partial charge in [0.1, 0.15) is 11.9 Å². The predicted molar refractivity (Wildman–Crippen MR) is 73.6 cm³/mol. The van der Waals surface area contributed by atoms with Gasteiger partial charge in [-0.25, -0.2) is 4.39 Å². The quantitative estimate of drug-likeness (QED) is 0.909. The number of carbonyl (C=O) groups excluding carboxylic acids is 2. The monoisotopic (exact) mass is 278 g/mol. The van der Waals surface area contributed by atoms with Crippen LogP contribution in [0.15, 0.2) is 18.2 Å². The van der Waals surface area contributed by atoms with Crippen LogP contribution in [0.4, 0.5) is 4.39 Å². The summed E-state index contributed by atoms with van der Waals surface area (Å²) in [6.07, 6.45) is 0.997. The maximum absolute atomic E-state index is 13.0. The summed E-state index contributed by atoms with van der Waals surface area (Å²) in [7, 11) is 0. The van der Waals surface area contributed by atoms with E-state index in [-0.39, 0.29) is 17.6 Å². The molecule has 0 bridgehead atoms. The van der Waals surface area contributed by atoms with Crippen molar-refractivity contribution in [3.05, 3.63) is 35.1 Å². The molecule has 1 heterocycles. The fourth-order valence-electron chi connectivity index (χ4n) is 2.41. The predicted octanol–water partition coefficient (Wildman–Crippen LogP) is 1.41. The highest BCUT2D eigenvalue weighted by Gasteiger charge is 2.26. The molecule has 0 aromatic heterocycles. The molecular formula is C15H19FN2O2. The van der Waals surface area contributed by atoms with Crippen molar-refractivity contribution in [1.82, 2.24) is 10.2 Å². The zero-order valence-electron chi connectivity index (χ0n) is 11.8. The van der Waals surface area contributed by atoms with E-state index >= 15 is 0 Å². The third-order valence-corrected chi connectivity index (χ3v) is 3.62. The van der Waals surface area contributed by atoms with Crippen LogP contribution in [-0.4, -0.2) is 35.8 Å². The van der Waals surface area contributed by atoms with E-state index in [1.54, 1.807) is 17.9 Å². The number of hydrogen-bond donors (Lipinski definition) is 1. The van der Waals surface area contributed by atoms with E-state index in [0.29, 0.717) is 25.9 Å². The summed E-state index contributed by atoms with van der Waals surface area (Å²) in [5.41, 5.74) is 1.91. The second kappa shape index (κ2) is 6.03. The molecule has 0 spiro atoms. The van der Waals surface area contributed by atoms with E-state index in [0.717, 1.165) is 11.1 Å². The lowest BCUT2D eigenvalue weighted by atomic mass is 10.1. The molecular weight excluding hydrogens is 259 g/mol. The van der Waals surface area contributed by atoms with Crippen molar-refractivity contribution in [2.45, 2.75) is 32.7 Å². The lowest BCUT2D eigenvalue weighted by Crippen LogP contribution is -2.43. The number of rotatable bonds is 3. The van der Waals surface area contributed by atoms with Crippen molar-refractivity contribution < 1.29 is 14.0 Å². The van der Waals surface area contributed by atoms with Gasteiger partial charge in [-0.3, -0.25) is 9.59 Å². The van der Waals surface area contributed by atoms with E-state index in [1.807, 2.05) is 6.92 Å². The first-order chi connectivity index (χ1) is 9.47. The number of benzene rings is 1. The molecule has 0 saturated carbocycles. The number of halogens is 1. The summed E-state index contributed by atoms with van der Waals surface area (Å²) < 4.78 is 13.0. The molecule has 1 fully saturated rings. The summed E-state index contributed by atoms with van der Waals surface area (Å²) >= 11 is 0. The Bertz CT molecular complexity index is 531. The Morgan fingerprint density at radius 1 is 1.40 bits per heavy atom. The van der Waals surface area contributed by atoms with Gasteiger partial charge in [0.15, 0.2) is 0 Å². The van der Waals surface area contributed by atoms with Crippen LogP contribution >= 0.6 is 0 Å². The Balaban J connectivity index is 2.02. The van der Waals surface area contributed by atoms with Gasteiger partial charge in [0.05, 0.1) is 0 Å². The first-order valence-electron chi connectivity index (χ1n) is 6.80. The van der Waals surface area contributed by atoms with Crippen molar-refractivity contribution >= 4 is 11.8 Å². The molecule has 1 saturated heterocycles. The van der Waals surface area contributed by atoms with E-state index in [2.05, 4.69) is 5.32 Å². The molecule has 5 heteroatoms. The fraction of sp³-hybridized carbons (Fsp3) is 0.467. The third-order valence-electron chi connectivity index (χ3n) is 3.62. The second-order valence-corrected chi connectivity index (χ2v) is 5.19. The average Bonchev–Trinajstić information content (AvgIpc) is 2.50. The minimum atomic E-state index is -0.473. The number of carbonyl (C=O) groups is 2. The van der Waals surface area contributed by atoms with Crippen LogP contribution in [0.5, 0.6) is 0 Å². The zero-order valence-corrected chi connectivity index (χ0v) is 11.8. The lowest BCUT2D eigenvalue weighted by Gasteiger charge is -2.22. The molecule has 1 aliphatic rings. The summed E-state index contributed by atoms with van der Waals surface area (Å²) in [6.45, 7) is 4.54. The highest BCUT2D eigenvalue weighted by molar-refractivity contribution is 5.89. The molecule has 1 aromatic carbocycles. The van der Waals surface area contributed by atoms with Crippen molar-refractivity contribution in [3.8, 4) is 0 Å². The first-order valence-corrected chi connectivity index (χ1v) is 6.80. The standard InChI is InChI=1S/C15H19FN2O2/c1-10-9-13(16)4-3-12(10)5-7-18-8-6-14(19)17-11(2)15(18)20/h3-4,9,11H,5-8H2,1-2H3,(H,17,19). The maximum Gasteiger partial charge on any atom is 0.244 e. The Morgan fingerprint density at radius 2 is 2.15 bits per heavy atom. The van der Waals surface area contributed by atoms with Crippen LogP contribution < -0.4 is 5.32 Å². The van der Waals surface area contributed by atoms with Gasteiger partial charge in [-0.2, -0.15) is 0 Å². The van der Waals surface area contributed by atoms with Crippen LogP contribution in [0, 0.1) is 12.7 Å². The van der Waals surface area contributed by atoms with Gasteiger partial charge >= 0.3 is 0 Å². The minimum absolute atomic E-state index is 0.0596. The summed E-state index contributed by atoms with van der Waals surface area (Å²) in [5.74, 6) is -0.401. The normalized spacial score (nSPS) is 19.8. The molecule has 2 amide bonds. The molecule has 0 radical (unpaired) electrons. The molecule has 1 unspecified atom stereocenters. The van der Waals surface area contributed by atoms with Crippen LogP contribution in [0.1, 0.15) is 24.5 Å². The molecule has 1 N–H and O–H groups in total. The summed E-state index contributed by atoms with van der Waals surface area (Å²) in [4.78, 5) is 25.2. The Morgan fingerprint density at radius 3 is 2.85 bits per heavy atom. The van der Waals surface area contributed by atoms with Gasteiger partial charge in [-0.05, 0) is 43.5 Å². The van der Waals surface area contributed by atoms with Gasteiger partial charge in [0, 0.05) is 19.5 Å². The van der Waals surface area contributed by atoms with Gasteiger partial charge in [0.2, 0.25) is 11.8 Å². The van der Waals surface area contributed by atoms with Crippen molar-refractivity contribution in [1.29, 1.82) is 0 Å². The van der Waals surface area contributed by atoms with Crippen molar-refractivity contribution in [3.63, 3.8) is 0 Å². The van der Waals surface area contributed by atoms with Crippen molar-refractivity contribution in [2.75, 3.05) is 13.1 Å². The highest BCUT2D eigenvalue weighted by atomic mass is 19.1. The van der Waals surface area contributed by atoms with E-state index < -0.39 is 6.04 Å². The number of amides is 2. The molecule has 1 aromatic rings. The first kappa shape index (κ1) is 14.5. The minimum Gasteiger partial charge on any atom is -0.345 e. The van der Waals surface area contributed by atoms with Crippen molar-refractivity contribution in [2.24, 2.45) is 0 Å². The van der Waals surface area contributed by atoms with Crippen LogP contribution in [0.2, 0.25) is 0 Å². The number of nitrogens with zero attached hydrogens (tertiary/aromatic N) is 1. The van der Waals surface area contributed by atoms with E-state index in [4.69, 9.17) is 0 Å². The van der Waals surface area contributed by atoms with Gasteiger partial charge in [-0.1, -0.05) is 6.07 Å². The number of nitrogens with one attached hydrogen (secondary N) is 1. The molecule has 1 atom stereocenters. The summed E-state index contributed by atoms with van der Waals surface area (Å²) in [5, 5.41) is 2.66. The maximum atomic E-state index is 13.0. The molecule has 108 valence electrons. The SMILES string of the molecule is Cc1cc(F)ccc1CCN1CCC(=O)NC(C)C1=O. The zero-order chi connectivity index (χ0) is 14.7. The molecule has 20 heavy (non-hydrogen) atoms. The Kier molecular flexibility index (Phi) is 4.37. The van der Waals surface area contributed by atoms with E-state index in [1.165, 1.54) is 12.1 Å². The Labute approximate surface area is 118 Å². The fourth-order valence-corrected chi connectivity index (χ4v) is 2.41. The highest BCUT2D eigenvalue weighted by Crippen LogP contribution is 2.12. The van der Waals surface area contributed by atoms with Gasteiger partial charge in [-0.15, -0.1) is 0 Å². The van der Waals surface area contributed by atoms with Crippen LogP contribution in [0.25, 0.3) is 0 Å². The molecule has 0 aliphatic carbocycles. The third kappa shape index (κ3) is 3.35. The van der Waals surface area contributed by atoms with E-state index in [9.17, 15) is 14.0 Å². The number of hydrogen-bond acceptors (Lipinski definition) is 2. The van der Waals surface area contributed by atoms with Crippen LogP contribution in [0.3, 0.4) is 0 Å². The van der Waals surface area contributed by atoms with Gasteiger partial charge < -0.3 is 10.2 Å². The van der Waals surface area contributed by atoms with Crippen LogP contribution in [-0.2, 0) is 16.0 Å². The Hall–Kier alpha value is -1.91. The largest absolute Gasteiger partial charge is 0.345 e. The summed E-state index contributed by atoms with van der Waals surface area (Å²) in [6, 6.07) is 4.20.